The van der Waals surface area contributed by atoms with Crippen molar-refractivity contribution in [1.82, 2.24) is 0 Å². The summed E-state index contributed by atoms with van der Waals surface area (Å²) in [6, 6.07) is 0. The number of aliphatic hydroxyl groups is 1. The Morgan fingerprint density at radius 2 is 2.17 bits per heavy atom. The smallest absolute Gasteiger partial charge is 0.338 e. The standard InChI is InChI=1S/C8H14O4/c1-2-12-7(9)8(10)3-5-11-6-4-8/h10H,2-6H2,1H3. The average molecular weight is 174 g/mol. The van der Waals surface area contributed by atoms with Crippen molar-refractivity contribution in [3.8, 4) is 0 Å². The summed E-state index contributed by atoms with van der Waals surface area (Å²) in [4.78, 5) is 11.2. The van der Waals surface area contributed by atoms with Crippen LogP contribution in [0.4, 0.5) is 0 Å². The van der Waals surface area contributed by atoms with Crippen LogP contribution in [0.5, 0.6) is 0 Å². The number of hydrogen-bond acceptors (Lipinski definition) is 4. The van der Waals surface area contributed by atoms with Crippen molar-refractivity contribution in [2.75, 3.05) is 19.8 Å². The van der Waals surface area contributed by atoms with E-state index >= 15 is 0 Å². The van der Waals surface area contributed by atoms with Gasteiger partial charge in [-0.05, 0) is 6.92 Å². The monoisotopic (exact) mass is 174 g/mol. The predicted molar refractivity (Wildman–Crippen MR) is 41.6 cm³/mol. The van der Waals surface area contributed by atoms with E-state index in [1.165, 1.54) is 0 Å². The van der Waals surface area contributed by atoms with Gasteiger partial charge in [0.25, 0.3) is 0 Å². The van der Waals surface area contributed by atoms with Gasteiger partial charge in [0.1, 0.15) is 0 Å². The fourth-order valence-corrected chi connectivity index (χ4v) is 1.18. The minimum atomic E-state index is -1.30. The highest BCUT2D eigenvalue weighted by Crippen LogP contribution is 2.21. The van der Waals surface area contributed by atoms with Crippen molar-refractivity contribution < 1.29 is 19.4 Å². The van der Waals surface area contributed by atoms with Crippen molar-refractivity contribution >= 4 is 5.97 Å². The summed E-state index contributed by atoms with van der Waals surface area (Å²) >= 11 is 0. The molecule has 0 spiro atoms. The Hall–Kier alpha value is -0.610. The van der Waals surface area contributed by atoms with Crippen LogP contribution >= 0.6 is 0 Å². The summed E-state index contributed by atoms with van der Waals surface area (Å²) < 4.78 is 9.77. The number of carbonyl (C=O) groups excluding carboxylic acids is 1. The SMILES string of the molecule is CCOC(=O)C1(O)CCOCC1. The van der Waals surface area contributed by atoms with Gasteiger partial charge in [-0.3, -0.25) is 0 Å². The maximum absolute atomic E-state index is 11.2. The minimum absolute atomic E-state index is 0.308. The zero-order valence-electron chi connectivity index (χ0n) is 7.21. The van der Waals surface area contributed by atoms with Gasteiger partial charge in [0.05, 0.1) is 6.61 Å². The van der Waals surface area contributed by atoms with Crippen molar-refractivity contribution in [1.29, 1.82) is 0 Å². The molecule has 70 valence electrons. The van der Waals surface area contributed by atoms with Crippen molar-refractivity contribution in [3.05, 3.63) is 0 Å². The highest BCUT2D eigenvalue weighted by Gasteiger charge is 2.38. The van der Waals surface area contributed by atoms with E-state index in [-0.39, 0.29) is 0 Å². The van der Waals surface area contributed by atoms with E-state index in [0.717, 1.165) is 0 Å². The van der Waals surface area contributed by atoms with Gasteiger partial charge in [-0.2, -0.15) is 0 Å². The molecule has 4 heteroatoms. The normalized spacial score (nSPS) is 21.8. The Labute approximate surface area is 71.5 Å². The molecule has 0 atom stereocenters. The van der Waals surface area contributed by atoms with Gasteiger partial charge in [-0.25, -0.2) is 4.79 Å². The Balaban J connectivity index is 2.50. The molecule has 0 amide bonds. The van der Waals surface area contributed by atoms with E-state index in [1.807, 2.05) is 0 Å². The maximum atomic E-state index is 11.2. The zero-order valence-corrected chi connectivity index (χ0v) is 7.21. The molecule has 0 aromatic carbocycles. The minimum Gasteiger partial charge on any atom is -0.464 e. The fourth-order valence-electron chi connectivity index (χ4n) is 1.18. The van der Waals surface area contributed by atoms with Gasteiger partial charge in [0.15, 0.2) is 5.60 Å². The van der Waals surface area contributed by atoms with E-state index in [9.17, 15) is 9.90 Å². The van der Waals surface area contributed by atoms with Crippen LogP contribution in [-0.2, 0) is 14.3 Å². The van der Waals surface area contributed by atoms with E-state index in [1.54, 1.807) is 6.92 Å². The largest absolute Gasteiger partial charge is 0.464 e. The molecule has 1 heterocycles. The number of esters is 1. The first-order valence-electron chi connectivity index (χ1n) is 4.16. The van der Waals surface area contributed by atoms with Crippen LogP contribution < -0.4 is 0 Å². The third-order valence-electron chi connectivity index (χ3n) is 1.98. The third-order valence-corrected chi connectivity index (χ3v) is 1.98. The molecule has 1 aliphatic rings. The topological polar surface area (TPSA) is 55.8 Å². The first-order chi connectivity index (χ1) is 5.69. The molecule has 1 rings (SSSR count). The number of rotatable bonds is 2. The molecule has 0 aliphatic carbocycles. The maximum Gasteiger partial charge on any atom is 0.338 e. The molecule has 4 nitrogen and oxygen atoms in total. The highest BCUT2D eigenvalue weighted by atomic mass is 16.6. The van der Waals surface area contributed by atoms with Crippen LogP contribution in [0.1, 0.15) is 19.8 Å². The lowest BCUT2D eigenvalue weighted by molar-refractivity contribution is -0.174. The fraction of sp³-hybridized carbons (Fsp3) is 0.875. The van der Waals surface area contributed by atoms with E-state index in [0.29, 0.717) is 32.7 Å². The Morgan fingerprint density at radius 3 is 2.67 bits per heavy atom. The third kappa shape index (κ3) is 1.95. The molecule has 12 heavy (non-hydrogen) atoms. The van der Waals surface area contributed by atoms with Crippen molar-refractivity contribution in [2.24, 2.45) is 0 Å². The molecule has 1 fully saturated rings. The second kappa shape index (κ2) is 3.87. The van der Waals surface area contributed by atoms with Crippen LogP contribution in [0, 0.1) is 0 Å². The summed E-state index contributed by atoms with van der Waals surface area (Å²) in [5.74, 6) is -0.520. The lowest BCUT2D eigenvalue weighted by atomic mass is 9.95. The quantitative estimate of drug-likeness (QED) is 0.603. The predicted octanol–water partition coefficient (Wildman–Crippen LogP) is 0.0910. The number of hydrogen-bond donors (Lipinski definition) is 1. The van der Waals surface area contributed by atoms with Crippen LogP contribution in [0.25, 0.3) is 0 Å². The van der Waals surface area contributed by atoms with Gasteiger partial charge in [-0.15, -0.1) is 0 Å². The van der Waals surface area contributed by atoms with E-state index in [4.69, 9.17) is 9.47 Å². The molecule has 0 aromatic heterocycles. The van der Waals surface area contributed by atoms with Gasteiger partial charge in [0.2, 0.25) is 0 Å². The second-order valence-electron chi connectivity index (χ2n) is 2.86. The summed E-state index contributed by atoms with van der Waals surface area (Å²) in [5.41, 5.74) is -1.30. The molecule has 0 unspecified atom stereocenters. The van der Waals surface area contributed by atoms with Crippen LogP contribution in [0.3, 0.4) is 0 Å². The molecule has 0 saturated carbocycles. The van der Waals surface area contributed by atoms with Gasteiger partial charge < -0.3 is 14.6 Å². The summed E-state index contributed by atoms with van der Waals surface area (Å²) in [5, 5.41) is 9.72. The lowest BCUT2D eigenvalue weighted by Gasteiger charge is -2.29. The van der Waals surface area contributed by atoms with E-state index < -0.39 is 11.6 Å². The van der Waals surface area contributed by atoms with Gasteiger partial charge in [-0.1, -0.05) is 0 Å². The second-order valence-corrected chi connectivity index (χ2v) is 2.86. The molecule has 1 aliphatic heterocycles. The Morgan fingerprint density at radius 1 is 1.58 bits per heavy atom. The average Bonchev–Trinajstić information content (AvgIpc) is 2.06. The molecule has 1 N–H and O–H groups in total. The molecular weight excluding hydrogens is 160 g/mol. The zero-order chi connectivity index (χ0) is 9.03. The number of carbonyl (C=O) groups is 1. The summed E-state index contributed by atoms with van der Waals surface area (Å²) in [6.07, 6.45) is 0.678. The molecular formula is C8H14O4. The summed E-state index contributed by atoms with van der Waals surface area (Å²) in [6.45, 7) is 2.88. The summed E-state index contributed by atoms with van der Waals surface area (Å²) in [7, 11) is 0. The molecule has 0 aromatic rings. The van der Waals surface area contributed by atoms with Crippen molar-refractivity contribution in [2.45, 2.75) is 25.4 Å². The van der Waals surface area contributed by atoms with Crippen LogP contribution in [-0.4, -0.2) is 36.5 Å². The number of ether oxygens (including phenoxy) is 2. The Bertz CT molecular complexity index is 160. The molecule has 0 bridgehead atoms. The first kappa shape index (κ1) is 9.48. The van der Waals surface area contributed by atoms with Crippen LogP contribution in [0.2, 0.25) is 0 Å². The lowest BCUT2D eigenvalue weighted by Crippen LogP contribution is -2.44. The van der Waals surface area contributed by atoms with Gasteiger partial charge in [0, 0.05) is 26.1 Å². The Kier molecular flexibility index (Phi) is 3.05. The highest BCUT2D eigenvalue weighted by molar-refractivity contribution is 5.79. The first-order valence-corrected chi connectivity index (χ1v) is 4.16. The molecule has 1 saturated heterocycles. The van der Waals surface area contributed by atoms with Crippen molar-refractivity contribution in [3.63, 3.8) is 0 Å². The van der Waals surface area contributed by atoms with Gasteiger partial charge >= 0.3 is 5.97 Å². The van der Waals surface area contributed by atoms with E-state index in [2.05, 4.69) is 0 Å². The van der Waals surface area contributed by atoms with Crippen LogP contribution in [0.15, 0.2) is 0 Å². The molecule has 0 radical (unpaired) electrons.